The van der Waals surface area contributed by atoms with E-state index >= 15 is 0 Å². The minimum Gasteiger partial charge on any atom is -0.497 e. The zero-order valence-electron chi connectivity index (χ0n) is 15.8. The second kappa shape index (κ2) is 9.28. The number of carbonyl (C=O) groups is 1. The molecule has 29 heavy (non-hydrogen) atoms. The maximum Gasteiger partial charge on any atom is 0.270 e. The number of ether oxygens (including phenoxy) is 1. The number of carbonyl (C=O) groups excluding carboxylic acids is 1. The van der Waals surface area contributed by atoms with Crippen LogP contribution in [0.15, 0.2) is 78.9 Å². The number of methoxy groups -OCH3 is 1. The summed E-state index contributed by atoms with van der Waals surface area (Å²) < 4.78 is 5.09. The van der Waals surface area contributed by atoms with Gasteiger partial charge in [0.05, 0.1) is 12.0 Å². The third kappa shape index (κ3) is 5.49. The highest BCUT2D eigenvalue weighted by Crippen LogP contribution is 2.17. The predicted octanol–water partition coefficient (Wildman–Crippen LogP) is 5.67. The zero-order valence-corrected chi connectivity index (χ0v) is 15.8. The van der Waals surface area contributed by atoms with E-state index in [1.54, 1.807) is 43.5 Å². The van der Waals surface area contributed by atoms with E-state index in [9.17, 15) is 14.9 Å². The van der Waals surface area contributed by atoms with Gasteiger partial charge in [-0.25, -0.2) is 0 Å². The smallest absolute Gasteiger partial charge is 0.270 e. The Labute approximate surface area is 168 Å². The van der Waals surface area contributed by atoms with Crippen molar-refractivity contribution in [1.82, 2.24) is 0 Å². The third-order valence-corrected chi connectivity index (χ3v) is 4.29. The number of nitro groups is 1. The van der Waals surface area contributed by atoms with Crippen molar-refractivity contribution in [3.05, 3.63) is 111 Å². The Balaban J connectivity index is 1.65. The molecule has 3 rings (SSSR count). The van der Waals surface area contributed by atoms with E-state index in [-0.39, 0.29) is 11.5 Å². The fraction of sp³-hybridized carbons (Fsp3) is 0.0417. The van der Waals surface area contributed by atoms with Gasteiger partial charge >= 0.3 is 0 Å². The number of non-ortho nitro benzene ring substituents is 1. The van der Waals surface area contributed by atoms with Crippen LogP contribution in [0, 0.1) is 10.1 Å². The predicted molar refractivity (Wildman–Crippen MR) is 115 cm³/mol. The molecule has 5 heteroatoms. The molecule has 0 saturated heterocycles. The first-order chi connectivity index (χ1) is 14.0. The van der Waals surface area contributed by atoms with Crippen molar-refractivity contribution in [1.29, 1.82) is 0 Å². The molecular weight excluding hydrogens is 366 g/mol. The molecule has 0 spiro atoms. The van der Waals surface area contributed by atoms with Crippen LogP contribution in [0.5, 0.6) is 5.75 Å². The monoisotopic (exact) mass is 385 g/mol. The minimum atomic E-state index is -0.411. The van der Waals surface area contributed by atoms with Gasteiger partial charge in [-0.05, 0) is 47.0 Å². The fourth-order valence-corrected chi connectivity index (χ4v) is 2.68. The summed E-state index contributed by atoms with van der Waals surface area (Å²) in [6, 6.07) is 21.1. The van der Waals surface area contributed by atoms with Crippen LogP contribution >= 0.6 is 0 Å². The van der Waals surface area contributed by atoms with Crippen LogP contribution < -0.4 is 4.74 Å². The Kier molecular flexibility index (Phi) is 6.32. The Morgan fingerprint density at radius 1 is 0.862 bits per heavy atom. The highest BCUT2D eigenvalue weighted by atomic mass is 16.6. The molecule has 3 aromatic rings. The number of nitrogens with zero attached hydrogens (tertiary/aromatic N) is 1. The van der Waals surface area contributed by atoms with E-state index in [0.717, 1.165) is 16.7 Å². The molecule has 0 fully saturated rings. The number of nitro benzene ring substituents is 1. The van der Waals surface area contributed by atoms with Crippen molar-refractivity contribution >= 4 is 29.7 Å². The summed E-state index contributed by atoms with van der Waals surface area (Å²) in [6.45, 7) is 0. The van der Waals surface area contributed by atoms with E-state index in [1.807, 2.05) is 42.5 Å². The maximum atomic E-state index is 12.2. The molecule has 0 aromatic heterocycles. The first-order valence-electron chi connectivity index (χ1n) is 8.94. The van der Waals surface area contributed by atoms with E-state index in [0.29, 0.717) is 11.3 Å². The molecule has 5 nitrogen and oxygen atoms in total. The Bertz CT molecular complexity index is 1060. The summed E-state index contributed by atoms with van der Waals surface area (Å²) in [6.07, 6.45) is 7.01. The molecule has 0 aliphatic heterocycles. The van der Waals surface area contributed by atoms with Crippen molar-refractivity contribution < 1.29 is 14.5 Å². The number of hydrogen-bond donors (Lipinski definition) is 0. The van der Waals surface area contributed by atoms with Crippen LogP contribution in [0.4, 0.5) is 5.69 Å². The minimum absolute atomic E-state index is 0.0640. The summed E-state index contributed by atoms with van der Waals surface area (Å²) in [7, 11) is 1.58. The average Bonchev–Trinajstić information content (AvgIpc) is 2.77. The van der Waals surface area contributed by atoms with Gasteiger partial charge in [0.2, 0.25) is 0 Å². The van der Waals surface area contributed by atoms with Gasteiger partial charge in [-0.3, -0.25) is 14.9 Å². The summed E-state index contributed by atoms with van der Waals surface area (Å²) in [5, 5.41) is 10.8. The van der Waals surface area contributed by atoms with E-state index in [2.05, 4.69) is 0 Å². The molecule has 0 amide bonds. The van der Waals surface area contributed by atoms with Gasteiger partial charge in [0.1, 0.15) is 5.75 Å². The van der Waals surface area contributed by atoms with Gasteiger partial charge in [0, 0.05) is 17.7 Å². The SMILES string of the molecule is COc1ccc(C(=O)/C=C/c2ccc(/C=C/c3cccc([N+](=O)[O-])c3)cc2)cc1. The zero-order chi connectivity index (χ0) is 20.6. The molecule has 0 unspecified atom stereocenters. The lowest BCUT2D eigenvalue weighted by Gasteiger charge is -2.00. The molecule has 0 heterocycles. The fourth-order valence-electron chi connectivity index (χ4n) is 2.68. The summed E-state index contributed by atoms with van der Waals surface area (Å²) in [4.78, 5) is 22.7. The van der Waals surface area contributed by atoms with Gasteiger partial charge in [0.15, 0.2) is 5.78 Å². The average molecular weight is 385 g/mol. The summed E-state index contributed by atoms with van der Waals surface area (Å²) in [5.41, 5.74) is 3.27. The largest absolute Gasteiger partial charge is 0.497 e. The topological polar surface area (TPSA) is 69.4 Å². The first-order valence-corrected chi connectivity index (χ1v) is 8.94. The lowest BCUT2D eigenvalue weighted by Crippen LogP contribution is -1.94. The summed E-state index contributed by atoms with van der Waals surface area (Å²) >= 11 is 0. The number of rotatable bonds is 7. The number of ketones is 1. The van der Waals surface area contributed by atoms with Crippen molar-refractivity contribution in [2.45, 2.75) is 0 Å². The highest BCUT2D eigenvalue weighted by molar-refractivity contribution is 6.06. The van der Waals surface area contributed by atoms with Crippen LogP contribution in [0.2, 0.25) is 0 Å². The number of allylic oxidation sites excluding steroid dienone is 1. The second-order valence-corrected chi connectivity index (χ2v) is 6.28. The van der Waals surface area contributed by atoms with Gasteiger partial charge in [-0.2, -0.15) is 0 Å². The number of benzene rings is 3. The van der Waals surface area contributed by atoms with Crippen molar-refractivity contribution in [2.24, 2.45) is 0 Å². The van der Waals surface area contributed by atoms with Gasteiger partial charge in [-0.15, -0.1) is 0 Å². The van der Waals surface area contributed by atoms with Crippen LogP contribution in [0.25, 0.3) is 18.2 Å². The van der Waals surface area contributed by atoms with Crippen molar-refractivity contribution in [3.63, 3.8) is 0 Å². The maximum absolute atomic E-state index is 12.2. The van der Waals surface area contributed by atoms with Crippen LogP contribution in [0.1, 0.15) is 27.0 Å². The van der Waals surface area contributed by atoms with E-state index in [1.165, 1.54) is 18.2 Å². The Hall–Kier alpha value is -3.99. The molecule has 0 radical (unpaired) electrons. The Morgan fingerprint density at radius 3 is 2.10 bits per heavy atom. The van der Waals surface area contributed by atoms with E-state index in [4.69, 9.17) is 4.74 Å². The molecule has 0 aliphatic rings. The van der Waals surface area contributed by atoms with Crippen molar-refractivity contribution in [2.75, 3.05) is 7.11 Å². The molecule has 0 atom stereocenters. The standard InChI is InChI=1S/C24H19NO4/c1-29-23-14-12-21(13-15-23)24(26)16-11-19-7-5-18(6-8-19)9-10-20-3-2-4-22(17-20)25(27)28/h2-17H,1H3/b10-9+,16-11+. The van der Waals surface area contributed by atoms with E-state index < -0.39 is 4.92 Å². The normalized spacial score (nSPS) is 11.1. The van der Waals surface area contributed by atoms with Gasteiger partial charge in [0.25, 0.3) is 5.69 Å². The van der Waals surface area contributed by atoms with Crippen LogP contribution in [-0.4, -0.2) is 17.8 Å². The lowest BCUT2D eigenvalue weighted by molar-refractivity contribution is -0.384. The first kappa shape index (κ1) is 19.8. The van der Waals surface area contributed by atoms with Gasteiger partial charge < -0.3 is 4.74 Å². The van der Waals surface area contributed by atoms with Crippen LogP contribution in [0.3, 0.4) is 0 Å². The highest BCUT2D eigenvalue weighted by Gasteiger charge is 2.04. The summed E-state index contributed by atoms with van der Waals surface area (Å²) in [5.74, 6) is 0.626. The molecule has 144 valence electrons. The molecule has 0 bridgehead atoms. The molecule has 0 saturated carbocycles. The molecule has 3 aromatic carbocycles. The number of hydrogen-bond acceptors (Lipinski definition) is 4. The third-order valence-electron chi connectivity index (χ3n) is 4.29. The van der Waals surface area contributed by atoms with Crippen molar-refractivity contribution in [3.8, 4) is 5.75 Å². The molecule has 0 aliphatic carbocycles. The van der Waals surface area contributed by atoms with Crippen LogP contribution in [-0.2, 0) is 0 Å². The van der Waals surface area contributed by atoms with Gasteiger partial charge in [-0.1, -0.05) is 54.6 Å². The quantitative estimate of drug-likeness (QED) is 0.173. The Morgan fingerprint density at radius 2 is 1.48 bits per heavy atom. The second-order valence-electron chi connectivity index (χ2n) is 6.28. The lowest BCUT2D eigenvalue weighted by atomic mass is 10.1. The molecular formula is C24H19NO4. The molecule has 0 N–H and O–H groups in total.